The first-order valence-electron chi connectivity index (χ1n) is 7.54. The minimum Gasteiger partial charge on any atom is -0.362 e. The van der Waals surface area contributed by atoms with E-state index in [9.17, 15) is 17.6 Å². The van der Waals surface area contributed by atoms with Crippen LogP contribution in [-0.2, 0) is 10.0 Å². The third kappa shape index (κ3) is 5.39. The molecule has 1 amide bonds. The summed E-state index contributed by atoms with van der Waals surface area (Å²) in [5, 5.41) is 3.03. The Labute approximate surface area is 156 Å². The van der Waals surface area contributed by atoms with Crippen molar-refractivity contribution in [2.45, 2.75) is 11.8 Å². The Morgan fingerprint density at radius 3 is 2.46 bits per heavy atom. The molecule has 0 aliphatic heterocycles. The van der Waals surface area contributed by atoms with Crippen LogP contribution in [0.2, 0.25) is 0 Å². The predicted octanol–water partition coefficient (Wildman–Crippen LogP) is 1.76. The van der Waals surface area contributed by atoms with Crippen LogP contribution in [0.1, 0.15) is 17.3 Å². The Morgan fingerprint density at radius 2 is 1.81 bits per heavy atom. The van der Waals surface area contributed by atoms with Crippen molar-refractivity contribution in [1.82, 2.24) is 16.2 Å². The fourth-order valence-corrected chi connectivity index (χ4v) is 3.23. The Kier molecular flexibility index (Phi) is 6.47. The lowest BCUT2D eigenvalue weighted by Gasteiger charge is -2.11. The van der Waals surface area contributed by atoms with E-state index in [-0.39, 0.29) is 21.3 Å². The van der Waals surface area contributed by atoms with Crippen molar-refractivity contribution in [3.05, 3.63) is 59.9 Å². The first-order valence-corrected chi connectivity index (χ1v) is 9.43. The SMILES string of the molecule is CCNC(=S)NNC(=O)c1cccc(S(=O)(=O)Nc2ccc(F)cc2)c1. The van der Waals surface area contributed by atoms with Gasteiger partial charge in [0.15, 0.2) is 5.11 Å². The first kappa shape index (κ1) is 19.6. The molecule has 0 spiro atoms. The second-order valence-corrected chi connectivity index (χ2v) is 7.17. The molecule has 138 valence electrons. The lowest BCUT2D eigenvalue weighted by Crippen LogP contribution is -2.46. The molecule has 0 aromatic heterocycles. The highest BCUT2D eigenvalue weighted by Crippen LogP contribution is 2.17. The van der Waals surface area contributed by atoms with Crippen LogP contribution in [0.3, 0.4) is 0 Å². The number of hydrogen-bond acceptors (Lipinski definition) is 4. The first-order chi connectivity index (χ1) is 12.3. The topological polar surface area (TPSA) is 99.3 Å². The summed E-state index contributed by atoms with van der Waals surface area (Å²) in [6.07, 6.45) is 0. The third-order valence-corrected chi connectivity index (χ3v) is 4.76. The highest BCUT2D eigenvalue weighted by Gasteiger charge is 2.16. The van der Waals surface area contributed by atoms with Gasteiger partial charge < -0.3 is 5.32 Å². The van der Waals surface area contributed by atoms with Gasteiger partial charge in [0.1, 0.15) is 5.82 Å². The van der Waals surface area contributed by atoms with Gasteiger partial charge in [-0.3, -0.25) is 20.4 Å². The zero-order valence-electron chi connectivity index (χ0n) is 13.7. The number of sulfonamides is 1. The molecular formula is C16H17FN4O3S2. The maximum absolute atomic E-state index is 12.9. The molecule has 0 aliphatic carbocycles. The van der Waals surface area contributed by atoms with Gasteiger partial charge in [-0.1, -0.05) is 6.07 Å². The van der Waals surface area contributed by atoms with E-state index in [1.807, 2.05) is 6.92 Å². The van der Waals surface area contributed by atoms with E-state index >= 15 is 0 Å². The fraction of sp³-hybridized carbons (Fsp3) is 0.125. The maximum Gasteiger partial charge on any atom is 0.269 e. The molecule has 2 aromatic carbocycles. The van der Waals surface area contributed by atoms with Gasteiger partial charge >= 0.3 is 0 Å². The Bertz CT molecular complexity index is 902. The summed E-state index contributed by atoms with van der Waals surface area (Å²) in [5.41, 5.74) is 5.21. The lowest BCUT2D eigenvalue weighted by molar-refractivity contribution is 0.0943. The molecule has 0 bridgehead atoms. The molecule has 0 aliphatic rings. The molecule has 2 aromatic rings. The number of carbonyl (C=O) groups is 1. The molecule has 0 unspecified atom stereocenters. The predicted molar refractivity (Wildman–Crippen MR) is 101 cm³/mol. The number of hydrazine groups is 1. The monoisotopic (exact) mass is 396 g/mol. The average molecular weight is 396 g/mol. The Balaban J connectivity index is 2.12. The van der Waals surface area contributed by atoms with Gasteiger partial charge in [0, 0.05) is 17.8 Å². The summed E-state index contributed by atoms with van der Waals surface area (Å²) in [7, 11) is -3.93. The van der Waals surface area contributed by atoms with E-state index in [0.717, 1.165) is 12.1 Å². The number of amides is 1. The van der Waals surface area contributed by atoms with E-state index in [0.29, 0.717) is 6.54 Å². The van der Waals surface area contributed by atoms with Gasteiger partial charge in [0.2, 0.25) is 0 Å². The van der Waals surface area contributed by atoms with Gasteiger partial charge in [-0.2, -0.15) is 0 Å². The average Bonchev–Trinajstić information content (AvgIpc) is 2.62. The molecular weight excluding hydrogens is 379 g/mol. The van der Waals surface area contributed by atoms with Crippen LogP contribution in [0.5, 0.6) is 0 Å². The van der Waals surface area contributed by atoms with Crippen LogP contribution < -0.4 is 20.9 Å². The van der Waals surface area contributed by atoms with Crippen molar-refractivity contribution in [3.8, 4) is 0 Å². The van der Waals surface area contributed by atoms with E-state index in [4.69, 9.17) is 12.2 Å². The number of rotatable bonds is 5. The van der Waals surface area contributed by atoms with E-state index in [1.54, 1.807) is 0 Å². The number of halogens is 1. The standard InChI is InChI=1S/C16H17FN4O3S2/c1-2-18-16(25)20-19-15(22)11-4-3-5-14(10-11)26(23,24)21-13-8-6-12(17)7-9-13/h3-10,21H,2H2,1H3,(H,19,22)(H2,18,20,25). The van der Waals surface area contributed by atoms with Crippen molar-refractivity contribution in [1.29, 1.82) is 0 Å². The Hall–Kier alpha value is -2.72. The molecule has 0 radical (unpaired) electrons. The molecule has 0 saturated heterocycles. The van der Waals surface area contributed by atoms with E-state index in [2.05, 4.69) is 20.9 Å². The minimum absolute atomic E-state index is 0.108. The van der Waals surface area contributed by atoms with Crippen molar-refractivity contribution in [3.63, 3.8) is 0 Å². The number of carbonyl (C=O) groups excluding carboxylic acids is 1. The minimum atomic E-state index is -3.93. The molecule has 7 nitrogen and oxygen atoms in total. The maximum atomic E-state index is 12.9. The molecule has 0 heterocycles. The normalized spacial score (nSPS) is 10.7. The number of anilines is 1. The number of benzene rings is 2. The second kappa shape index (κ2) is 8.59. The number of thiocarbonyl (C=S) groups is 1. The zero-order chi connectivity index (χ0) is 19.2. The molecule has 4 N–H and O–H groups in total. The third-order valence-electron chi connectivity index (χ3n) is 3.13. The van der Waals surface area contributed by atoms with E-state index < -0.39 is 21.7 Å². The van der Waals surface area contributed by atoms with Gasteiger partial charge in [0.25, 0.3) is 15.9 Å². The summed E-state index contributed by atoms with van der Waals surface area (Å²) in [6.45, 7) is 2.43. The summed E-state index contributed by atoms with van der Waals surface area (Å²) in [5.74, 6) is -1.03. The van der Waals surface area contributed by atoms with E-state index in [1.165, 1.54) is 36.4 Å². The summed E-state index contributed by atoms with van der Waals surface area (Å²) in [6, 6.07) is 10.4. The molecule has 0 fully saturated rings. The summed E-state index contributed by atoms with van der Waals surface area (Å²) < 4.78 is 40.1. The molecule has 2 rings (SSSR count). The van der Waals surface area contributed by atoms with Crippen LogP contribution in [0.4, 0.5) is 10.1 Å². The summed E-state index contributed by atoms with van der Waals surface area (Å²) in [4.78, 5) is 12.0. The van der Waals surface area contributed by atoms with Gasteiger partial charge in [-0.15, -0.1) is 0 Å². The van der Waals surface area contributed by atoms with Crippen LogP contribution in [0.15, 0.2) is 53.4 Å². The smallest absolute Gasteiger partial charge is 0.269 e. The highest BCUT2D eigenvalue weighted by atomic mass is 32.2. The van der Waals surface area contributed by atoms with Gasteiger partial charge in [-0.25, -0.2) is 12.8 Å². The fourth-order valence-electron chi connectivity index (χ4n) is 1.93. The van der Waals surface area contributed by atoms with Crippen LogP contribution in [0, 0.1) is 5.82 Å². The molecule has 26 heavy (non-hydrogen) atoms. The van der Waals surface area contributed by atoms with Crippen LogP contribution in [-0.4, -0.2) is 26.0 Å². The second-order valence-electron chi connectivity index (χ2n) is 5.08. The number of hydrogen-bond donors (Lipinski definition) is 4. The quantitative estimate of drug-likeness (QED) is 0.454. The van der Waals surface area contributed by atoms with Crippen molar-refractivity contribution in [2.24, 2.45) is 0 Å². The van der Waals surface area contributed by atoms with Gasteiger partial charge in [-0.05, 0) is 61.6 Å². The van der Waals surface area contributed by atoms with Crippen molar-refractivity contribution >= 4 is 38.9 Å². The van der Waals surface area contributed by atoms with Crippen molar-refractivity contribution in [2.75, 3.05) is 11.3 Å². The Morgan fingerprint density at radius 1 is 1.12 bits per heavy atom. The van der Waals surface area contributed by atoms with Crippen molar-refractivity contribution < 1.29 is 17.6 Å². The lowest BCUT2D eigenvalue weighted by atomic mass is 10.2. The van der Waals surface area contributed by atoms with Crippen LogP contribution in [0.25, 0.3) is 0 Å². The van der Waals surface area contributed by atoms with Crippen LogP contribution >= 0.6 is 12.2 Å². The molecule has 0 atom stereocenters. The zero-order valence-corrected chi connectivity index (χ0v) is 15.4. The molecule has 10 heteroatoms. The highest BCUT2D eigenvalue weighted by molar-refractivity contribution is 7.92. The summed E-state index contributed by atoms with van der Waals surface area (Å²) >= 11 is 4.92. The molecule has 0 saturated carbocycles. The number of nitrogens with one attached hydrogen (secondary N) is 4. The largest absolute Gasteiger partial charge is 0.362 e. The van der Waals surface area contributed by atoms with Gasteiger partial charge in [0.05, 0.1) is 4.90 Å².